The number of hydrogen-bond acceptors (Lipinski definition) is 6. The Hall–Kier alpha value is -4.20. The van der Waals surface area contributed by atoms with E-state index in [1.165, 1.54) is 0 Å². The zero-order chi connectivity index (χ0) is 24.0. The van der Waals surface area contributed by atoms with Gasteiger partial charge in [-0.05, 0) is 72.8 Å². The van der Waals surface area contributed by atoms with E-state index < -0.39 is 0 Å². The van der Waals surface area contributed by atoms with Crippen LogP contribution in [0.1, 0.15) is 0 Å². The molecule has 0 aliphatic heterocycles. The molecule has 0 saturated heterocycles. The highest BCUT2D eigenvalue weighted by Gasteiger charge is 2.24. The van der Waals surface area contributed by atoms with Crippen molar-refractivity contribution in [1.82, 2.24) is 4.59 Å². The van der Waals surface area contributed by atoms with Gasteiger partial charge in [0.05, 0.1) is 21.3 Å². The Bertz CT molecular complexity index is 1190. The van der Waals surface area contributed by atoms with E-state index in [1.54, 1.807) is 38.5 Å². The molecule has 0 spiro atoms. The minimum Gasteiger partial charge on any atom is -0.497 e. The lowest BCUT2D eigenvalue weighted by Crippen LogP contribution is -2.46. The first-order chi connectivity index (χ1) is 16.5. The number of nitrogens with two attached hydrogens (primary N) is 1. The largest absolute Gasteiger partial charge is 0.497 e. The van der Waals surface area contributed by atoms with Gasteiger partial charge in [0.25, 0.3) is 0 Å². The Labute approximate surface area is 198 Å². The third kappa shape index (κ3) is 5.40. The van der Waals surface area contributed by atoms with E-state index in [1.807, 2.05) is 79.8 Å². The van der Waals surface area contributed by atoms with Gasteiger partial charge in [-0.25, -0.2) is 0 Å². The van der Waals surface area contributed by atoms with Crippen molar-refractivity contribution in [3.63, 3.8) is 0 Å². The molecule has 0 aliphatic carbocycles. The van der Waals surface area contributed by atoms with Gasteiger partial charge in [0.1, 0.15) is 23.0 Å². The summed E-state index contributed by atoms with van der Waals surface area (Å²) in [6, 6.07) is 29.6. The predicted octanol–water partition coefficient (Wildman–Crippen LogP) is 6.01. The minimum absolute atomic E-state index is 0.0841. The van der Waals surface area contributed by atoms with Crippen molar-refractivity contribution in [2.75, 3.05) is 21.3 Å². The second kappa shape index (κ2) is 10.2. The Balaban J connectivity index is 1.34. The highest BCUT2D eigenvalue weighted by Crippen LogP contribution is 2.31. The van der Waals surface area contributed by atoms with Crippen LogP contribution in [0.2, 0.25) is 0 Å². The zero-order valence-electron chi connectivity index (χ0n) is 19.3. The number of nitrogens with zero attached hydrogens (tertiary/aromatic N) is 1. The molecule has 174 valence electrons. The number of ether oxygens (including phenoxy) is 3. The van der Waals surface area contributed by atoms with E-state index in [9.17, 15) is 0 Å². The third-order valence-corrected chi connectivity index (χ3v) is 5.33. The summed E-state index contributed by atoms with van der Waals surface area (Å²) in [6.45, 7) is 0. The monoisotopic (exact) mass is 459 g/mol. The van der Waals surface area contributed by atoms with Crippen molar-refractivity contribution in [2.24, 2.45) is 5.84 Å². The van der Waals surface area contributed by atoms with Gasteiger partial charge in [-0.3, -0.25) is 9.78 Å². The van der Waals surface area contributed by atoms with Crippen LogP contribution in [-0.2, 0) is 0 Å². The smallest absolute Gasteiger partial charge is 0.179 e. The second-order valence-electron chi connectivity index (χ2n) is 7.68. The van der Waals surface area contributed by atoms with Crippen LogP contribution in [0, 0.1) is 0 Å². The van der Waals surface area contributed by atoms with E-state index in [0.717, 1.165) is 22.9 Å². The van der Waals surface area contributed by atoms with E-state index in [2.05, 4.69) is 0 Å². The van der Waals surface area contributed by atoms with Gasteiger partial charge in [0, 0.05) is 24.3 Å². The third-order valence-electron chi connectivity index (χ3n) is 5.33. The molecule has 4 aromatic carbocycles. The van der Waals surface area contributed by atoms with Crippen molar-refractivity contribution in [3.8, 4) is 34.5 Å². The average Bonchev–Trinajstić information content (AvgIpc) is 2.89. The zero-order valence-corrected chi connectivity index (χ0v) is 19.3. The summed E-state index contributed by atoms with van der Waals surface area (Å²) in [5.41, 5.74) is 1.81. The van der Waals surface area contributed by atoms with Crippen molar-refractivity contribution >= 4 is 11.4 Å². The lowest BCUT2D eigenvalue weighted by molar-refractivity contribution is -0.0999. The van der Waals surface area contributed by atoms with E-state index >= 15 is 0 Å². The number of quaternary nitrogens is 1. The Kier molecular flexibility index (Phi) is 6.87. The van der Waals surface area contributed by atoms with E-state index in [0.29, 0.717) is 23.0 Å². The van der Waals surface area contributed by atoms with Gasteiger partial charge in [-0.1, -0.05) is 0 Å². The van der Waals surface area contributed by atoms with Gasteiger partial charge in [-0.15, -0.1) is 0 Å². The summed E-state index contributed by atoms with van der Waals surface area (Å²) in [6.07, 6.45) is 0. The molecular weight excluding hydrogens is 432 g/mol. The van der Waals surface area contributed by atoms with Crippen molar-refractivity contribution < 1.29 is 24.0 Å². The van der Waals surface area contributed by atoms with Crippen molar-refractivity contribution in [1.29, 1.82) is 0 Å². The van der Waals surface area contributed by atoms with Crippen LogP contribution in [0.5, 0.6) is 34.5 Å². The Morgan fingerprint density at radius 3 is 1.15 bits per heavy atom. The molecule has 7 nitrogen and oxygen atoms in total. The van der Waals surface area contributed by atoms with Crippen LogP contribution in [0.4, 0.5) is 11.4 Å². The number of hydrogen-bond donors (Lipinski definition) is 1. The van der Waals surface area contributed by atoms with Crippen LogP contribution < -0.4 is 34.4 Å². The maximum Gasteiger partial charge on any atom is 0.179 e. The number of methoxy groups -OCH3 is 2. The standard InChI is InChI=1S/C27H27N2O5/c1-29(28,20-4-8-22(30-2)9-5-20)21-6-10-26(11-7-21)33-34-27-18-16-25(17-19-27)32-24-14-12-23(31-3)13-15-24/h4-19H,28H2,1-3H3/q+1. The highest BCUT2D eigenvalue weighted by molar-refractivity contribution is 5.58. The molecule has 0 amide bonds. The fourth-order valence-electron chi connectivity index (χ4n) is 3.29. The molecule has 1 atom stereocenters. The van der Waals surface area contributed by atoms with Gasteiger partial charge >= 0.3 is 0 Å². The molecule has 7 heteroatoms. The van der Waals surface area contributed by atoms with Crippen molar-refractivity contribution in [3.05, 3.63) is 97.1 Å². The Morgan fingerprint density at radius 1 is 0.471 bits per heavy atom. The number of rotatable bonds is 9. The van der Waals surface area contributed by atoms with Crippen LogP contribution >= 0.6 is 0 Å². The first-order valence-electron chi connectivity index (χ1n) is 10.6. The summed E-state index contributed by atoms with van der Waals surface area (Å²) in [5.74, 6) is 10.6. The fraction of sp³-hybridized carbons (Fsp3) is 0.111. The number of benzene rings is 4. The second-order valence-corrected chi connectivity index (χ2v) is 7.68. The van der Waals surface area contributed by atoms with E-state index in [4.69, 9.17) is 29.8 Å². The minimum atomic E-state index is 0.0841. The lowest BCUT2D eigenvalue weighted by atomic mass is 10.2. The summed E-state index contributed by atoms with van der Waals surface area (Å²) < 4.78 is 16.3. The lowest BCUT2D eigenvalue weighted by Gasteiger charge is -2.27. The Morgan fingerprint density at radius 2 is 0.765 bits per heavy atom. The van der Waals surface area contributed by atoms with E-state index in [-0.39, 0.29) is 4.59 Å². The first kappa shape index (κ1) is 23.0. The molecule has 0 saturated carbocycles. The molecule has 0 radical (unpaired) electrons. The van der Waals surface area contributed by atoms with Crippen LogP contribution in [0.3, 0.4) is 0 Å². The molecule has 0 fully saturated rings. The van der Waals surface area contributed by atoms with Gasteiger partial charge in [0.15, 0.2) is 22.9 Å². The maximum atomic E-state index is 6.56. The summed E-state index contributed by atoms with van der Waals surface area (Å²) in [5, 5.41) is 0. The quantitative estimate of drug-likeness (QED) is 0.143. The summed E-state index contributed by atoms with van der Waals surface area (Å²) in [4.78, 5) is 10.9. The molecule has 4 rings (SSSR count). The average molecular weight is 460 g/mol. The topological polar surface area (TPSA) is 72.2 Å². The normalized spacial score (nSPS) is 12.4. The molecule has 0 aliphatic rings. The van der Waals surface area contributed by atoms with Crippen molar-refractivity contribution in [2.45, 2.75) is 0 Å². The van der Waals surface area contributed by atoms with Gasteiger partial charge < -0.3 is 14.2 Å². The molecule has 0 heterocycles. The van der Waals surface area contributed by atoms with Gasteiger partial charge in [-0.2, -0.15) is 10.4 Å². The van der Waals surface area contributed by atoms with Crippen LogP contribution in [0.15, 0.2) is 97.1 Å². The molecule has 0 bridgehead atoms. The first-order valence-corrected chi connectivity index (χ1v) is 10.6. The molecule has 34 heavy (non-hydrogen) atoms. The highest BCUT2D eigenvalue weighted by atomic mass is 17.2. The summed E-state index contributed by atoms with van der Waals surface area (Å²) >= 11 is 0. The summed E-state index contributed by atoms with van der Waals surface area (Å²) in [7, 11) is 5.17. The molecule has 2 N–H and O–H groups in total. The molecule has 0 aromatic heterocycles. The fourth-order valence-corrected chi connectivity index (χ4v) is 3.29. The van der Waals surface area contributed by atoms with Crippen LogP contribution in [0.25, 0.3) is 0 Å². The predicted molar refractivity (Wildman–Crippen MR) is 132 cm³/mol. The molecule has 1 unspecified atom stereocenters. The van der Waals surface area contributed by atoms with Gasteiger partial charge in [0.2, 0.25) is 0 Å². The maximum absolute atomic E-state index is 6.56. The SMILES string of the molecule is COc1ccc(Oc2ccc(OOc3ccc([N+](C)(N)c4ccc(OC)cc4)cc3)cc2)cc1. The molecule has 4 aromatic rings. The van der Waals surface area contributed by atoms with Crippen LogP contribution in [-0.4, -0.2) is 21.3 Å². The molecular formula is C27H27N2O5+.